The third kappa shape index (κ3) is 9.05. The highest BCUT2D eigenvalue weighted by Gasteiger charge is 1.97. The van der Waals surface area contributed by atoms with E-state index >= 15 is 0 Å². The molecule has 0 saturated heterocycles. The molecule has 0 unspecified atom stereocenters. The van der Waals surface area contributed by atoms with E-state index in [1.807, 2.05) is 0 Å². The summed E-state index contributed by atoms with van der Waals surface area (Å²) in [7, 11) is 2.06. The van der Waals surface area contributed by atoms with Crippen molar-refractivity contribution in [2.75, 3.05) is 0 Å². The summed E-state index contributed by atoms with van der Waals surface area (Å²) in [6.45, 7) is 3.41. The van der Waals surface area contributed by atoms with E-state index in [0.717, 1.165) is 0 Å². The molecule has 5 nitrogen and oxygen atoms in total. The monoisotopic (exact) mass is 229 g/mol. The van der Waals surface area contributed by atoms with Crippen molar-refractivity contribution in [3.8, 4) is 0 Å². The second-order valence-electron chi connectivity index (χ2n) is 3.66. The van der Waals surface area contributed by atoms with Gasteiger partial charge in [-0.1, -0.05) is 19.8 Å². The van der Waals surface area contributed by atoms with Gasteiger partial charge in [0.15, 0.2) is 0 Å². The molecule has 0 aliphatic rings. The number of unbranched alkanes of at least 4 members (excludes halogenated alkanes) is 3. The number of carbonyl (C=O) groups is 1. The van der Waals surface area contributed by atoms with Gasteiger partial charge in [-0.05, 0) is 12.8 Å². The molecule has 2 N–H and O–H groups in total. The summed E-state index contributed by atoms with van der Waals surface area (Å²) < 4.78 is 4.33. The van der Waals surface area contributed by atoms with Crippen LogP contribution >= 0.6 is 0 Å². The first-order valence-electron chi connectivity index (χ1n) is 5.49. The zero-order valence-electron chi connectivity index (χ0n) is 9.96. The van der Waals surface area contributed by atoms with E-state index in [2.05, 4.69) is 41.8 Å². The van der Waals surface area contributed by atoms with Gasteiger partial charge in [-0.15, -0.1) is 0 Å². The van der Waals surface area contributed by atoms with Gasteiger partial charge in [0.25, 0.3) is 0 Å². The molecule has 0 radical (unpaired) electrons. The highest BCUT2D eigenvalue weighted by atomic mass is 16.6. The molecule has 0 bridgehead atoms. The summed E-state index contributed by atoms with van der Waals surface area (Å²) >= 11 is 0. The number of aromatic nitrogens is 2. The number of hydrogen-bond donors (Lipinski definition) is 2. The summed E-state index contributed by atoms with van der Waals surface area (Å²) in [5.41, 5.74) is 0. The zero-order chi connectivity index (χ0) is 12.4. The van der Waals surface area contributed by atoms with Crippen molar-refractivity contribution in [1.29, 1.82) is 0 Å². The normalized spacial score (nSPS) is 9.38. The number of hydrogen-bond acceptors (Lipinski definition) is 1. The molecule has 0 amide bonds. The lowest BCUT2D eigenvalue weighted by Gasteiger charge is -1.95. The Balaban J connectivity index is 0.000000487. The lowest BCUT2D eigenvalue weighted by Crippen LogP contribution is -2.23. The van der Waals surface area contributed by atoms with E-state index in [1.54, 1.807) is 0 Å². The van der Waals surface area contributed by atoms with E-state index in [0.29, 0.717) is 0 Å². The predicted octanol–water partition coefficient (Wildman–Crippen LogP) is 2.12. The Morgan fingerprint density at radius 3 is 2.38 bits per heavy atom. The molecule has 5 heteroatoms. The Morgan fingerprint density at radius 1 is 1.31 bits per heavy atom. The van der Waals surface area contributed by atoms with Crippen molar-refractivity contribution in [3.63, 3.8) is 0 Å². The van der Waals surface area contributed by atoms with Crippen LogP contribution in [0, 0.1) is 0 Å². The number of nitrogens with zero attached hydrogens (tertiary/aromatic N) is 2. The van der Waals surface area contributed by atoms with Crippen LogP contribution in [-0.4, -0.2) is 20.9 Å². The molecule has 0 fully saturated rings. The number of rotatable bonds is 5. The van der Waals surface area contributed by atoms with Crippen molar-refractivity contribution >= 4 is 6.16 Å². The number of aryl methyl sites for hydroxylation is 2. The summed E-state index contributed by atoms with van der Waals surface area (Å²) in [4.78, 5) is 8.56. The Bertz CT molecular complexity index is 293. The Labute approximate surface area is 96.0 Å². The molecule has 16 heavy (non-hydrogen) atoms. The summed E-state index contributed by atoms with van der Waals surface area (Å²) in [6, 6.07) is 0. The van der Waals surface area contributed by atoms with Gasteiger partial charge in [0.1, 0.15) is 12.4 Å². The van der Waals surface area contributed by atoms with Crippen molar-refractivity contribution in [3.05, 3.63) is 18.7 Å². The number of carboxylic acid groups (broad SMARTS) is 2. The molecule has 0 aromatic carbocycles. The lowest BCUT2D eigenvalue weighted by atomic mass is 10.2. The van der Waals surface area contributed by atoms with E-state index in [4.69, 9.17) is 15.0 Å². The first-order chi connectivity index (χ1) is 7.56. The van der Waals surface area contributed by atoms with Crippen LogP contribution < -0.4 is 4.57 Å². The van der Waals surface area contributed by atoms with Gasteiger partial charge >= 0.3 is 6.16 Å². The van der Waals surface area contributed by atoms with Gasteiger partial charge in [0.2, 0.25) is 6.33 Å². The maximum absolute atomic E-state index is 8.56. The molecule has 0 aliphatic heterocycles. The SMILES string of the molecule is CCCCCCn1cc[n+](C)c1.O=C(O)O. The average molecular weight is 229 g/mol. The summed E-state index contributed by atoms with van der Waals surface area (Å²) in [5, 5.41) is 13.9. The second kappa shape index (κ2) is 8.76. The Morgan fingerprint density at radius 2 is 1.94 bits per heavy atom. The molecule has 1 heterocycles. The maximum atomic E-state index is 8.56. The Kier molecular flexibility index (Phi) is 7.93. The van der Waals surface area contributed by atoms with Crippen LogP contribution in [0.5, 0.6) is 0 Å². The molecule has 1 aromatic rings. The third-order valence-electron chi connectivity index (χ3n) is 2.09. The maximum Gasteiger partial charge on any atom is 0.503 e. The van der Waals surface area contributed by atoms with Crippen LogP contribution in [0.1, 0.15) is 32.6 Å². The van der Waals surface area contributed by atoms with Gasteiger partial charge < -0.3 is 10.2 Å². The van der Waals surface area contributed by atoms with Crippen molar-refractivity contribution in [1.82, 2.24) is 4.57 Å². The zero-order valence-corrected chi connectivity index (χ0v) is 9.96. The highest BCUT2D eigenvalue weighted by molar-refractivity contribution is 5.53. The predicted molar refractivity (Wildman–Crippen MR) is 60.4 cm³/mol. The molecule has 1 aromatic heterocycles. The molecular formula is C11H21N2O3+. The van der Waals surface area contributed by atoms with Crippen LogP contribution in [0.15, 0.2) is 18.7 Å². The van der Waals surface area contributed by atoms with E-state index < -0.39 is 6.16 Å². The fraction of sp³-hybridized carbons (Fsp3) is 0.636. The third-order valence-corrected chi connectivity index (χ3v) is 2.09. The van der Waals surface area contributed by atoms with Gasteiger partial charge in [-0.3, -0.25) is 0 Å². The van der Waals surface area contributed by atoms with Crippen LogP contribution in [0.25, 0.3) is 0 Å². The van der Waals surface area contributed by atoms with E-state index in [1.165, 1.54) is 32.2 Å². The van der Waals surface area contributed by atoms with Crippen LogP contribution in [0.2, 0.25) is 0 Å². The van der Waals surface area contributed by atoms with Crippen LogP contribution in [0.4, 0.5) is 4.79 Å². The van der Waals surface area contributed by atoms with Crippen LogP contribution in [-0.2, 0) is 13.6 Å². The molecule has 0 spiro atoms. The lowest BCUT2D eigenvalue weighted by molar-refractivity contribution is -0.671. The van der Waals surface area contributed by atoms with Gasteiger partial charge in [-0.2, -0.15) is 0 Å². The van der Waals surface area contributed by atoms with Crippen molar-refractivity contribution in [2.45, 2.75) is 39.2 Å². The molecule has 1 rings (SSSR count). The first-order valence-corrected chi connectivity index (χ1v) is 5.49. The highest BCUT2D eigenvalue weighted by Crippen LogP contribution is 2.00. The molecule has 0 aliphatic carbocycles. The summed E-state index contributed by atoms with van der Waals surface area (Å²) in [5.74, 6) is 0. The van der Waals surface area contributed by atoms with Crippen LogP contribution in [0.3, 0.4) is 0 Å². The standard InChI is InChI=1S/C10H19N2.CH2O3/c1-3-4-5-6-7-12-9-8-11(2)10-12;2-1(3)4/h8-10H,3-7H2,1-2H3;(H2,2,3,4)/q+1;. The minimum atomic E-state index is -1.83. The fourth-order valence-corrected chi connectivity index (χ4v) is 1.36. The Hall–Kier alpha value is -1.52. The van der Waals surface area contributed by atoms with Gasteiger partial charge in [0, 0.05) is 0 Å². The molecule has 0 saturated carbocycles. The van der Waals surface area contributed by atoms with E-state index in [-0.39, 0.29) is 0 Å². The first kappa shape index (κ1) is 14.5. The molecule has 0 atom stereocenters. The average Bonchev–Trinajstić information content (AvgIpc) is 2.58. The fourth-order valence-electron chi connectivity index (χ4n) is 1.36. The van der Waals surface area contributed by atoms with Gasteiger partial charge in [-0.25, -0.2) is 13.9 Å². The van der Waals surface area contributed by atoms with Crippen molar-refractivity contribution in [2.24, 2.45) is 7.05 Å². The van der Waals surface area contributed by atoms with E-state index in [9.17, 15) is 0 Å². The number of imidazole rings is 1. The quantitative estimate of drug-likeness (QED) is 0.600. The minimum Gasteiger partial charge on any atom is -0.450 e. The van der Waals surface area contributed by atoms with Crippen molar-refractivity contribution < 1.29 is 19.6 Å². The molecule has 92 valence electrons. The second-order valence-corrected chi connectivity index (χ2v) is 3.66. The minimum absolute atomic E-state index is 1.17. The topological polar surface area (TPSA) is 66.3 Å². The smallest absolute Gasteiger partial charge is 0.450 e. The van der Waals surface area contributed by atoms with Gasteiger partial charge in [0.05, 0.1) is 13.6 Å². The largest absolute Gasteiger partial charge is 0.503 e. The molecular weight excluding hydrogens is 208 g/mol. The summed E-state index contributed by atoms with van der Waals surface area (Å²) in [6.07, 6.45) is 9.87.